The maximum absolute atomic E-state index is 15.9. The zero-order valence-electron chi connectivity index (χ0n) is 78.6. The molecule has 6 bridgehead atoms. The maximum Gasteiger partial charge on any atom is 0.573 e. The Morgan fingerprint density at radius 1 is 0.420 bits per heavy atom. The van der Waals surface area contributed by atoms with E-state index in [4.69, 9.17) is 33.2 Å². The second kappa shape index (κ2) is 42.4. The second-order valence-corrected chi connectivity index (χ2v) is 40.1. The number of hydrogen-bond donors (Lipinski definition) is 3. The number of nitrogens with zero attached hydrogens (tertiary/aromatic N) is 9. The van der Waals surface area contributed by atoms with Crippen molar-refractivity contribution in [2.75, 3.05) is 26.2 Å². The van der Waals surface area contributed by atoms with Gasteiger partial charge in [0.05, 0.1) is 59.3 Å². The SMILES string of the molecule is CCOc1ccc2nc3c(nc2c1)O[C@H]1CN(C(=O)[C@H](C(C)(C)C)NC(=O)O[C@]2(C)C[C@H]2CCCCC3(F)F)[C@H]([C-]=O)[C@@H]1C.C[C@@H]1[C@@H]2CN(C(=O)[C@H](C(C)(C)C)NC(=O)O[C@@H]3C[C@H]3CCCCC(F)(F)c3nc4ccc(OC(F)(F)F)cc4nc3O2)[C@@H]1[C-]=O.C[C@@H]1[C@@H]2CN(C(=O)[C@H](C(C)(C)C)NC(=O)O[C@]3(C)C[C@H]3CCCCC(F)(F)c3nc4ccc(OC(F)(F)F)cc4nc3O2)[C@@H]1[C-]=O.[V].[V].[V]. The molecule has 3 aliphatic carbocycles. The Morgan fingerprint density at radius 2 is 0.725 bits per heavy atom. The molecule has 753 valence electrons. The summed E-state index contributed by atoms with van der Waals surface area (Å²) in [5, 5.41) is 8.05. The zero-order chi connectivity index (χ0) is 98.7. The normalized spacial score (nSPS) is 29.6. The van der Waals surface area contributed by atoms with E-state index in [1.165, 1.54) is 14.7 Å². The van der Waals surface area contributed by atoms with E-state index in [1.54, 1.807) is 108 Å². The van der Waals surface area contributed by atoms with E-state index < -0.39 is 232 Å². The van der Waals surface area contributed by atoms with Crippen LogP contribution in [-0.4, -0.2) is 210 Å². The molecule has 3 aromatic heterocycles. The largest absolute Gasteiger partial charge is 0.573 e. The van der Waals surface area contributed by atoms with Crippen molar-refractivity contribution in [3.8, 4) is 34.9 Å². The molecule has 6 fully saturated rings. The van der Waals surface area contributed by atoms with E-state index in [2.05, 4.69) is 55.3 Å². The van der Waals surface area contributed by atoms with E-state index >= 15 is 26.3 Å². The van der Waals surface area contributed by atoms with E-state index in [1.807, 2.05) is 32.7 Å². The van der Waals surface area contributed by atoms with Crippen LogP contribution in [0.3, 0.4) is 0 Å². The first-order valence-electron chi connectivity index (χ1n) is 45.2. The minimum absolute atomic E-state index is 0. The van der Waals surface area contributed by atoms with Crippen LogP contribution in [0.2, 0.25) is 0 Å². The predicted octanol–water partition coefficient (Wildman–Crippen LogP) is 16.6. The molecule has 18 atom stereocenters. The molecule has 30 nitrogen and oxygen atoms in total. The Labute approximate surface area is 824 Å². The topological polar surface area (TPSA) is 360 Å². The molecule has 9 heterocycles. The number of carbonyl (C=O) groups is 6. The van der Waals surface area contributed by atoms with Crippen LogP contribution in [0.25, 0.3) is 33.1 Å². The van der Waals surface area contributed by atoms with Gasteiger partial charge in [-0.15, -0.1) is 26.3 Å². The van der Waals surface area contributed by atoms with Crippen molar-refractivity contribution in [1.82, 2.24) is 60.6 Å². The Hall–Kier alpha value is -9.38. The van der Waals surface area contributed by atoms with Crippen LogP contribution in [0.4, 0.5) is 67.1 Å². The van der Waals surface area contributed by atoms with E-state index in [0.717, 1.165) is 36.4 Å². The minimum Gasteiger partial charge on any atom is -0.540 e. The molecular formula is C93H111F12N12O18V3-3. The molecule has 3 radical (unpaired) electrons. The van der Waals surface area contributed by atoms with Crippen LogP contribution >= 0.6 is 0 Å². The Morgan fingerprint density at radius 3 is 1.03 bits per heavy atom. The Balaban J connectivity index is 0.000000211. The quantitative estimate of drug-likeness (QED) is 0.0759. The molecule has 3 N–H and O–H groups in total. The monoisotopic (exact) mass is 2060 g/mol. The molecule has 45 heteroatoms. The van der Waals surface area contributed by atoms with Gasteiger partial charge in [-0.3, -0.25) is 14.4 Å². The number of nitrogens with one attached hydrogen (secondary N) is 3. The summed E-state index contributed by atoms with van der Waals surface area (Å²) in [6.07, 6.45) is -6.81. The molecule has 138 heavy (non-hydrogen) atoms. The fourth-order valence-corrected chi connectivity index (χ4v) is 18.2. The zero-order valence-corrected chi connectivity index (χ0v) is 82.8. The van der Waals surface area contributed by atoms with Crippen LogP contribution in [0.5, 0.6) is 34.9 Å². The van der Waals surface area contributed by atoms with E-state index in [0.29, 0.717) is 75.7 Å². The smallest absolute Gasteiger partial charge is 0.540 e. The number of fused-ring (bicyclic) bond motifs is 15. The van der Waals surface area contributed by atoms with Crippen molar-refractivity contribution in [3.63, 3.8) is 0 Å². The summed E-state index contributed by atoms with van der Waals surface area (Å²) in [6, 6.07) is 4.09. The van der Waals surface area contributed by atoms with Crippen molar-refractivity contribution < 1.29 is 194 Å². The fourth-order valence-electron chi connectivity index (χ4n) is 18.2. The Bertz CT molecular complexity index is 5470. The van der Waals surface area contributed by atoms with Crippen LogP contribution in [0, 0.1) is 51.8 Å². The van der Waals surface area contributed by atoms with Gasteiger partial charge in [-0.25, -0.2) is 63.1 Å². The van der Waals surface area contributed by atoms with Gasteiger partial charge in [0.2, 0.25) is 35.4 Å². The first-order chi connectivity index (χ1) is 62.9. The van der Waals surface area contributed by atoms with Gasteiger partial charge in [-0.05, 0) is 155 Å². The molecule has 3 saturated heterocycles. The van der Waals surface area contributed by atoms with Crippen molar-refractivity contribution in [3.05, 3.63) is 71.7 Å². The van der Waals surface area contributed by atoms with Crippen LogP contribution in [0.15, 0.2) is 54.6 Å². The molecule has 6 aromatic rings. The second-order valence-electron chi connectivity index (χ2n) is 40.1. The predicted molar refractivity (Wildman–Crippen MR) is 458 cm³/mol. The van der Waals surface area contributed by atoms with Crippen LogP contribution in [0.1, 0.15) is 217 Å². The summed E-state index contributed by atoms with van der Waals surface area (Å²) in [4.78, 5) is 146. The van der Waals surface area contributed by atoms with Gasteiger partial charge in [0.25, 0.3) is 17.8 Å². The van der Waals surface area contributed by atoms with Gasteiger partial charge in [-0.1, -0.05) is 120 Å². The summed E-state index contributed by atoms with van der Waals surface area (Å²) in [5.41, 5.74) is -6.16. The number of aromatic nitrogens is 6. The fraction of sp³-hybridized carbons (Fsp3) is 0.645. The number of alkyl halides is 12. The van der Waals surface area contributed by atoms with Crippen molar-refractivity contribution in [2.45, 2.75) is 303 Å². The molecule has 6 aliphatic heterocycles. The van der Waals surface area contributed by atoms with Crippen LogP contribution < -0.4 is 44.4 Å². The molecule has 6 amide bonds. The summed E-state index contributed by atoms with van der Waals surface area (Å²) in [5.74, 6) is -16.8. The summed E-state index contributed by atoms with van der Waals surface area (Å²) in [7, 11) is 0. The number of ether oxygens (including phenoxy) is 9. The summed E-state index contributed by atoms with van der Waals surface area (Å²) in [6.45, 7) is 25.8. The third kappa shape index (κ3) is 25.7. The third-order valence-electron chi connectivity index (χ3n) is 26.5. The first kappa shape index (κ1) is 111. The molecule has 3 saturated carbocycles. The molecule has 3 aromatic carbocycles. The summed E-state index contributed by atoms with van der Waals surface area (Å²) < 4.78 is 221. The van der Waals surface area contributed by atoms with Crippen LogP contribution in [-0.2, 0) is 116 Å². The van der Waals surface area contributed by atoms with Gasteiger partial charge in [0.1, 0.15) is 71.0 Å². The number of alkyl carbamates (subject to hydrolysis) is 3. The number of halogens is 12. The van der Waals surface area contributed by atoms with Gasteiger partial charge in [-0.2, -0.15) is 26.3 Å². The minimum atomic E-state index is -5.00. The van der Waals surface area contributed by atoms with Gasteiger partial charge in [0.15, 0.2) is 17.1 Å². The van der Waals surface area contributed by atoms with Gasteiger partial charge >= 0.3 is 31.0 Å². The molecule has 9 aliphatic rings. The molecular weight excluding hydrogens is 1950 g/mol. The van der Waals surface area contributed by atoms with Gasteiger partial charge in [0, 0.05) is 105 Å². The molecule has 0 unspecified atom stereocenters. The first-order valence-corrected chi connectivity index (χ1v) is 45.2. The van der Waals surface area contributed by atoms with E-state index in [-0.39, 0.29) is 146 Å². The van der Waals surface area contributed by atoms with Crippen molar-refractivity contribution in [2.24, 2.45) is 51.8 Å². The number of benzene rings is 3. The standard InChI is InChI=1S/C32H41F2N4O6.C31H36F5N4O6.C30H34F5N4O6.3V/c1-7-42-20-11-12-21-22(14-20)36-27-25(35-21)32(33,34)13-9-8-10-19-15-31(19,6)44-29(41)37-26(30(3,4)5)28(40)38-16-24(43-27)18(2)23(38)17-39;1-16-21(15-41)40-14-22(16)44-25-23(37-19-10-9-18(12-20(19)38-25)45-31(34,35)36)30(32,33)11-7-6-8-17-13-29(17,5)46-27(43)39-24(26(40)42)28(2,3)4;1-15-20(14-40)39-13-22(15)43-25-23(36-18-9-8-17(12-19(18)37-25)45-30(33,34)35)29(31,32)10-6-5-7-16-11-21(16)44-27(42)38-24(26(39)41)28(2,3)4;;;/h11-12,14,18-19,23-24,26H,7-10,13,15-16H2,1-6H3,(H,37,41);9-10,12,16-17,21-22,24H,6-8,11,13-14H2,1-5H3,(H,39,43);8-9,12,15-16,20-22,24H,5-7,10-11,13H2,1-4H3,(H,38,42);;;/q3*-1;;;/t18-,19+,23+,24-,26+,31+;16-,17+,21+,22-,24+,29+;15-,16+,20+,21+,22-,24+;;;/m000.../s1. The maximum atomic E-state index is 15.9. The van der Waals surface area contributed by atoms with Crippen molar-refractivity contribution in [1.29, 1.82) is 0 Å². The average molecular weight is 2070 g/mol. The molecule has 0 spiro atoms. The Kier molecular flexibility index (Phi) is 34.0. The van der Waals surface area contributed by atoms with E-state index in [9.17, 15) is 69.5 Å². The number of carbonyl (C=O) groups excluding carboxylic acids is 9. The van der Waals surface area contributed by atoms with Gasteiger partial charge < -0.3 is 87.7 Å². The average Bonchev–Trinajstić information content (AvgIpc) is 1.73. The molecule has 15 rings (SSSR count). The summed E-state index contributed by atoms with van der Waals surface area (Å²) >= 11 is 0. The number of amides is 6. The number of hydrogen-bond acceptors (Lipinski definition) is 24. The third-order valence-corrected chi connectivity index (χ3v) is 26.5. The van der Waals surface area contributed by atoms with Crippen molar-refractivity contribution >= 4 is 88.0 Å². The number of rotatable bonds is 7.